The Hall–Kier alpha value is -2.86. The van der Waals surface area contributed by atoms with E-state index in [1.807, 2.05) is 38.1 Å². The van der Waals surface area contributed by atoms with Gasteiger partial charge in [0.15, 0.2) is 5.11 Å². The molecule has 2 N–H and O–H groups in total. The molecule has 0 bridgehead atoms. The summed E-state index contributed by atoms with van der Waals surface area (Å²) in [5.41, 5.74) is 1.15. The first-order valence-electron chi connectivity index (χ1n) is 8.21. The maximum atomic E-state index is 12.3. The second kappa shape index (κ2) is 9.58. The van der Waals surface area contributed by atoms with Gasteiger partial charge in [-0.1, -0.05) is 24.8 Å². The molecule has 6 heteroatoms. The second-order valence-electron chi connectivity index (χ2n) is 5.70. The third-order valence-electron chi connectivity index (χ3n) is 3.21. The number of benzene rings is 2. The molecule has 0 fully saturated rings. The predicted molar refractivity (Wildman–Crippen MR) is 108 cm³/mol. The first-order chi connectivity index (χ1) is 12.5. The maximum Gasteiger partial charge on any atom is 0.257 e. The van der Waals surface area contributed by atoms with Gasteiger partial charge in [-0.2, -0.15) is 0 Å². The molecule has 0 spiro atoms. The van der Waals surface area contributed by atoms with Gasteiger partial charge in [-0.15, -0.1) is 0 Å². The van der Waals surface area contributed by atoms with Crippen LogP contribution in [0, 0.1) is 0 Å². The molecule has 0 aliphatic rings. The molecule has 0 aliphatic carbocycles. The fraction of sp³-hybridized carbons (Fsp3) is 0.200. The summed E-state index contributed by atoms with van der Waals surface area (Å²) in [6, 6.07) is 14.2. The molecule has 136 valence electrons. The number of para-hydroxylation sites is 2. The summed E-state index contributed by atoms with van der Waals surface area (Å²) in [5, 5.41) is 5.81. The van der Waals surface area contributed by atoms with E-state index in [0.29, 0.717) is 29.4 Å². The van der Waals surface area contributed by atoms with Crippen molar-refractivity contribution in [2.45, 2.75) is 20.0 Å². The highest BCUT2D eigenvalue weighted by atomic mass is 32.1. The number of hydrogen-bond acceptors (Lipinski definition) is 4. The van der Waals surface area contributed by atoms with Gasteiger partial charge < -0.3 is 14.8 Å². The smallest absolute Gasteiger partial charge is 0.257 e. The standard InChI is InChI=1S/C20H22N2O3S/c1-4-13-24-18-8-6-5-7-17(18)21-20(26)22-19(23)15-9-11-16(12-10-15)25-14(2)3/h4-12,14H,1,13H2,2-3H3,(H2,21,22,23,26). The zero-order valence-corrected chi connectivity index (χ0v) is 15.6. The van der Waals surface area contributed by atoms with Crippen LogP contribution < -0.4 is 20.1 Å². The van der Waals surface area contributed by atoms with Crippen molar-refractivity contribution >= 4 is 28.9 Å². The normalized spacial score (nSPS) is 10.1. The van der Waals surface area contributed by atoms with Crippen LogP contribution in [0.1, 0.15) is 24.2 Å². The molecular weight excluding hydrogens is 348 g/mol. The van der Waals surface area contributed by atoms with Crippen molar-refractivity contribution in [3.05, 3.63) is 66.7 Å². The van der Waals surface area contributed by atoms with Crippen molar-refractivity contribution in [2.24, 2.45) is 0 Å². The van der Waals surface area contributed by atoms with Crippen LogP contribution in [-0.2, 0) is 0 Å². The van der Waals surface area contributed by atoms with Crippen LogP contribution >= 0.6 is 12.2 Å². The van der Waals surface area contributed by atoms with Crippen molar-refractivity contribution < 1.29 is 14.3 Å². The number of ether oxygens (including phenoxy) is 2. The third-order valence-corrected chi connectivity index (χ3v) is 3.41. The molecular formula is C20H22N2O3S. The summed E-state index contributed by atoms with van der Waals surface area (Å²) >= 11 is 5.22. The summed E-state index contributed by atoms with van der Waals surface area (Å²) < 4.78 is 11.1. The average molecular weight is 370 g/mol. The van der Waals surface area contributed by atoms with Gasteiger partial charge in [0, 0.05) is 5.56 Å². The number of rotatable bonds is 7. The van der Waals surface area contributed by atoms with E-state index in [1.165, 1.54) is 0 Å². The summed E-state index contributed by atoms with van der Waals surface area (Å²) in [6.07, 6.45) is 1.73. The van der Waals surface area contributed by atoms with Crippen LogP contribution in [0.2, 0.25) is 0 Å². The molecule has 0 heterocycles. The summed E-state index contributed by atoms with van der Waals surface area (Å²) in [7, 11) is 0. The van der Waals surface area contributed by atoms with E-state index in [4.69, 9.17) is 21.7 Å². The topological polar surface area (TPSA) is 59.6 Å². The Bertz CT molecular complexity index is 773. The lowest BCUT2D eigenvalue weighted by atomic mass is 10.2. The number of carbonyl (C=O) groups excluding carboxylic acids is 1. The van der Waals surface area contributed by atoms with Crippen LogP contribution in [0.3, 0.4) is 0 Å². The zero-order chi connectivity index (χ0) is 18.9. The fourth-order valence-electron chi connectivity index (χ4n) is 2.13. The largest absolute Gasteiger partial charge is 0.491 e. The Kier molecular flexibility index (Phi) is 7.17. The van der Waals surface area contributed by atoms with Crippen LogP contribution in [0.4, 0.5) is 5.69 Å². The van der Waals surface area contributed by atoms with Crippen molar-refractivity contribution in [3.8, 4) is 11.5 Å². The minimum atomic E-state index is -0.303. The average Bonchev–Trinajstić information content (AvgIpc) is 2.61. The quantitative estimate of drug-likeness (QED) is 0.566. The molecule has 0 atom stereocenters. The summed E-state index contributed by atoms with van der Waals surface area (Å²) in [6.45, 7) is 7.89. The first kappa shape index (κ1) is 19.5. The predicted octanol–water partition coefficient (Wildman–Crippen LogP) is 4.17. The SMILES string of the molecule is C=CCOc1ccccc1NC(=S)NC(=O)c1ccc(OC(C)C)cc1. The first-order valence-corrected chi connectivity index (χ1v) is 8.62. The van der Waals surface area contributed by atoms with Gasteiger partial charge in [-0.3, -0.25) is 10.1 Å². The Labute approximate surface area is 159 Å². The van der Waals surface area contributed by atoms with E-state index >= 15 is 0 Å². The van der Waals surface area contributed by atoms with Gasteiger partial charge in [0.2, 0.25) is 0 Å². The molecule has 0 saturated heterocycles. The monoisotopic (exact) mass is 370 g/mol. The Morgan fingerprint density at radius 2 is 1.88 bits per heavy atom. The van der Waals surface area contributed by atoms with Gasteiger partial charge in [-0.25, -0.2) is 0 Å². The van der Waals surface area contributed by atoms with Gasteiger partial charge >= 0.3 is 0 Å². The van der Waals surface area contributed by atoms with Crippen LogP contribution in [-0.4, -0.2) is 23.7 Å². The van der Waals surface area contributed by atoms with Crippen molar-refractivity contribution in [1.82, 2.24) is 5.32 Å². The van der Waals surface area contributed by atoms with Crippen molar-refractivity contribution in [2.75, 3.05) is 11.9 Å². The van der Waals surface area contributed by atoms with Crippen molar-refractivity contribution in [1.29, 1.82) is 0 Å². The van der Waals surface area contributed by atoms with E-state index in [0.717, 1.165) is 0 Å². The number of nitrogens with one attached hydrogen (secondary N) is 2. The summed E-state index contributed by atoms with van der Waals surface area (Å²) in [4.78, 5) is 12.3. The van der Waals surface area contributed by atoms with Gasteiger partial charge in [0.25, 0.3) is 5.91 Å². The van der Waals surface area contributed by atoms with E-state index in [2.05, 4.69) is 17.2 Å². The van der Waals surface area contributed by atoms with Crippen LogP contribution in [0.15, 0.2) is 61.2 Å². The molecule has 0 aromatic heterocycles. The Morgan fingerprint density at radius 1 is 1.19 bits per heavy atom. The second-order valence-corrected chi connectivity index (χ2v) is 6.10. The number of carbonyl (C=O) groups is 1. The number of hydrogen-bond donors (Lipinski definition) is 2. The van der Waals surface area contributed by atoms with E-state index in [1.54, 1.807) is 30.3 Å². The molecule has 0 unspecified atom stereocenters. The molecule has 1 amide bonds. The molecule has 2 aromatic rings. The van der Waals surface area contributed by atoms with E-state index in [9.17, 15) is 4.79 Å². The lowest BCUT2D eigenvalue weighted by Gasteiger charge is -2.14. The number of thiocarbonyl (C=S) groups is 1. The minimum Gasteiger partial charge on any atom is -0.491 e. The van der Waals surface area contributed by atoms with E-state index < -0.39 is 0 Å². The molecule has 2 aromatic carbocycles. The molecule has 5 nitrogen and oxygen atoms in total. The highest BCUT2D eigenvalue weighted by Gasteiger charge is 2.10. The number of anilines is 1. The Balaban J connectivity index is 1.97. The van der Waals surface area contributed by atoms with Crippen LogP contribution in [0.25, 0.3) is 0 Å². The molecule has 2 rings (SSSR count). The van der Waals surface area contributed by atoms with Gasteiger partial charge in [0.05, 0.1) is 11.8 Å². The summed E-state index contributed by atoms with van der Waals surface area (Å²) in [5.74, 6) is 1.04. The maximum absolute atomic E-state index is 12.3. The minimum absolute atomic E-state index is 0.0785. The van der Waals surface area contributed by atoms with Crippen molar-refractivity contribution in [3.63, 3.8) is 0 Å². The highest BCUT2D eigenvalue weighted by Crippen LogP contribution is 2.23. The molecule has 0 radical (unpaired) electrons. The molecule has 26 heavy (non-hydrogen) atoms. The van der Waals surface area contributed by atoms with Crippen LogP contribution in [0.5, 0.6) is 11.5 Å². The molecule has 0 saturated carbocycles. The zero-order valence-electron chi connectivity index (χ0n) is 14.8. The van der Waals surface area contributed by atoms with Gasteiger partial charge in [-0.05, 0) is 62.5 Å². The Morgan fingerprint density at radius 3 is 2.54 bits per heavy atom. The lowest BCUT2D eigenvalue weighted by molar-refractivity contribution is 0.0977. The highest BCUT2D eigenvalue weighted by molar-refractivity contribution is 7.80. The number of amides is 1. The van der Waals surface area contributed by atoms with E-state index in [-0.39, 0.29) is 17.1 Å². The lowest BCUT2D eigenvalue weighted by Crippen LogP contribution is -2.34. The molecule has 0 aliphatic heterocycles. The third kappa shape index (κ3) is 5.89. The fourth-order valence-corrected chi connectivity index (χ4v) is 2.33. The van der Waals surface area contributed by atoms with Gasteiger partial charge in [0.1, 0.15) is 18.1 Å².